The lowest BCUT2D eigenvalue weighted by atomic mass is 10.1. The highest BCUT2D eigenvalue weighted by Gasteiger charge is 2.17. The molecule has 1 N–H and O–H groups in total. The average molecular weight is 312 g/mol. The van der Waals surface area contributed by atoms with Crippen LogP contribution in [0.4, 0.5) is 10.1 Å². The molecule has 2 rings (SSSR count). The monoisotopic (exact) mass is 312 g/mol. The quantitative estimate of drug-likeness (QED) is 0.619. The number of ketones is 1. The van der Waals surface area contributed by atoms with E-state index in [1.165, 1.54) is 24.1 Å². The minimum atomic E-state index is -0.245. The van der Waals surface area contributed by atoms with E-state index in [1.807, 2.05) is 6.07 Å². The van der Waals surface area contributed by atoms with Crippen LogP contribution in [-0.4, -0.2) is 39.1 Å². The molecule has 0 unspecified atom stereocenters. The first-order chi connectivity index (χ1) is 10.2. The number of anilines is 1. The maximum Gasteiger partial charge on any atom is 0.136 e. The van der Waals surface area contributed by atoms with Gasteiger partial charge < -0.3 is 9.64 Å². The number of Topliss-reactive ketones (excluding diaryl/α,β-unsaturated/α-hetero) is 1. The van der Waals surface area contributed by atoms with Crippen molar-refractivity contribution in [2.75, 3.05) is 38.3 Å². The Balaban J connectivity index is 1.92. The van der Waals surface area contributed by atoms with E-state index < -0.39 is 0 Å². The van der Waals surface area contributed by atoms with Crippen LogP contribution in [0, 0.1) is 5.82 Å². The topological polar surface area (TPSA) is 41.6 Å². The summed E-state index contributed by atoms with van der Waals surface area (Å²) in [6.07, 6.45) is 2.02. The van der Waals surface area contributed by atoms with Gasteiger partial charge in [0.25, 0.3) is 0 Å². The second-order valence-corrected chi connectivity index (χ2v) is 5.98. The number of piperidine rings is 1. The molecule has 1 fully saturated rings. The fourth-order valence-corrected chi connectivity index (χ4v) is 2.99. The van der Waals surface area contributed by atoms with E-state index in [2.05, 4.69) is 9.62 Å². The molecule has 0 aliphatic carbocycles. The van der Waals surface area contributed by atoms with E-state index >= 15 is 0 Å². The minimum Gasteiger partial charge on any atom is -0.385 e. The van der Waals surface area contributed by atoms with Gasteiger partial charge in [0.1, 0.15) is 11.6 Å². The zero-order valence-electron chi connectivity index (χ0n) is 12.2. The first kappa shape index (κ1) is 16.3. The fraction of sp³-hybridized carbons (Fsp3) is 0.533. The molecule has 0 saturated carbocycles. The summed E-state index contributed by atoms with van der Waals surface area (Å²) in [7, 11) is 1.68. The maximum atomic E-state index is 13.7. The molecule has 0 aromatic heterocycles. The molecular weight excluding hydrogens is 291 g/mol. The van der Waals surface area contributed by atoms with Crippen LogP contribution < -0.4 is 9.62 Å². The van der Waals surface area contributed by atoms with Crippen LogP contribution in [0.25, 0.3) is 0 Å². The van der Waals surface area contributed by atoms with Crippen LogP contribution in [0.3, 0.4) is 0 Å². The van der Waals surface area contributed by atoms with Crippen LogP contribution in [0.5, 0.6) is 0 Å². The summed E-state index contributed by atoms with van der Waals surface area (Å²) in [5.74, 6) is 0.0441. The van der Waals surface area contributed by atoms with Crippen molar-refractivity contribution in [1.29, 1.82) is 0 Å². The minimum absolute atomic E-state index is 0.245. The lowest BCUT2D eigenvalue weighted by Crippen LogP contribution is -2.33. The predicted octanol–water partition coefficient (Wildman–Crippen LogP) is 2.63. The van der Waals surface area contributed by atoms with E-state index in [9.17, 15) is 9.18 Å². The summed E-state index contributed by atoms with van der Waals surface area (Å²) >= 11 is 1.42. The summed E-state index contributed by atoms with van der Waals surface area (Å²) in [5.41, 5.74) is 0.851. The van der Waals surface area contributed by atoms with Crippen LogP contribution in [0.1, 0.15) is 19.3 Å². The van der Waals surface area contributed by atoms with Crippen molar-refractivity contribution in [1.82, 2.24) is 4.72 Å². The van der Waals surface area contributed by atoms with Gasteiger partial charge in [-0.1, -0.05) is 0 Å². The number of hydrogen-bond donors (Lipinski definition) is 1. The van der Waals surface area contributed by atoms with E-state index in [-0.39, 0.29) is 11.6 Å². The van der Waals surface area contributed by atoms with E-state index in [1.54, 1.807) is 7.11 Å². The Morgan fingerprint density at radius 3 is 2.81 bits per heavy atom. The number of benzene rings is 1. The van der Waals surface area contributed by atoms with Gasteiger partial charge in [-0.15, -0.1) is 0 Å². The van der Waals surface area contributed by atoms with Crippen molar-refractivity contribution in [2.45, 2.75) is 24.2 Å². The number of nitrogens with one attached hydrogen (secondary N) is 1. The molecule has 1 heterocycles. The van der Waals surface area contributed by atoms with Gasteiger partial charge in [-0.25, -0.2) is 4.39 Å². The van der Waals surface area contributed by atoms with Crippen LogP contribution in [-0.2, 0) is 9.53 Å². The van der Waals surface area contributed by atoms with Gasteiger partial charge in [-0.3, -0.25) is 9.52 Å². The highest BCUT2D eigenvalue weighted by molar-refractivity contribution is 7.97. The molecular formula is C15H21FN2O2S. The molecule has 6 heteroatoms. The fourth-order valence-electron chi connectivity index (χ4n) is 2.23. The molecule has 1 aromatic rings. The Bertz CT molecular complexity index is 475. The second-order valence-electron chi connectivity index (χ2n) is 5.01. The summed E-state index contributed by atoms with van der Waals surface area (Å²) in [5, 5.41) is 0. The number of carbonyl (C=O) groups is 1. The molecule has 1 aliphatic rings. The third-order valence-electron chi connectivity index (χ3n) is 3.36. The lowest BCUT2D eigenvalue weighted by molar-refractivity contribution is -0.119. The Labute approximate surface area is 129 Å². The van der Waals surface area contributed by atoms with Crippen molar-refractivity contribution in [3.63, 3.8) is 0 Å². The summed E-state index contributed by atoms with van der Waals surface area (Å²) in [4.78, 5) is 14.2. The van der Waals surface area contributed by atoms with Crippen molar-refractivity contribution < 1.29 is 13.9 Å². The van der Waals surface area contributed by atoms with Gasteiger partial charge in [0, 0.05) is 56.8 Å². The molecule has 0 amide bonds. The van der Waals surface area contributed by atoms with Crippen molar-refractivity contribution in [3.05, 3.63) is 24.0 Å². The number of rotatable bonds is 7. The number of carbonyl (C=O) groups excluding carboxylic acids is 1. The van der Waals surface area contributed by atoms with Gasteiger partial charge in [-0.2, -0.15) is 0 Å². The standard InChI is InChI=1S/C15H21FN2O2S/c1-20-8-2-5-17-21-15-10-12(16)9-13(11-15)18-6-3-14(19)4-7-18/h9-11,17H,2-8H2,1H3. The second kappa shape index (κ2) is 8.36. The smallest absolute Gasteiger partial charge is 0.136 e. The first-order valence-corrected chi connectivity index (χ1v) is 7.96. The molecule has 1 saturated heterocycles. The number of halogens is 1. The van der Waals surface area contributed by atoms with Crippen LogP contribution in [0.2, 0.25) is 0 Å². The molecule has 0 spiro atoms. The van der Waals surface area contributed by atoms with Gasteiger partial charge >= 0.3 is 0 Å². The maximum absolute atomic E-state index is 13.7. The third-order valence-corrected chi connectivity index (χ3v) is 4.18. The van der Waals surface area contributed by atoms with Gasteiger partial charge in [-0.05, 0) is 36.6 Å². The summed E-state index contributed by atoms with van der Waals surface area (Å²) < 4.78 is 21.9. The molecule has 4 nitrogen and oxygen atoms in total. The molecule has 1 aromatic carbocycles. The Hall–Kier alpha value is -1.11. The molecule has 21 heavy (non-hydrogen) atoms. The zero-order valence-corrected chi connectivity index (χ0v) is 13.0. The van der Waals surface area contributed by atoms with Crippen LogP contribution in [0.15, 0.2) is 23.1 Å². The molecule has 0 bridgehead atoms. The molecule has 116 valence electrons. The number of nitrogens with zero attached hydrogens (tertiary/aromatic N) is 1. The van der Waals surface area contributed by atoms with Gasteiger partial charge in [0.2, 0.25) is 0 Å². The molecule has 0 radical (unpaired) electrons. The normalized spacial score (nSPS) is 15.5. The Morgan fingerprint density at radius 1 is 1.33 bits per heavy atom. The van der Waals surface area contributed by atoms with Crippen molar-refractivity contribution in [2.24, 2.45) is 0 Å². The largest absolute Gasteiger partial charge is 0.385 e. The Kier molecular flexibility index (Phi) is 6.48. The highest BCUT2D eigenvalue weighted by Crippen LogP contribution is 2.26. The predicted molar refractivity (Wildman–Crippen MR) is 83.2 cm³/mol. The SMILES string of the molecule is COCCCNSc1cc(F)cc(N2CCC(=O)CC2)c1. The number of hydrogen-bond acceptors (Lipinski definition) is 5. The average Bonchev–Trinajstić information content (AvgIpc) is 2.47. The first-order valence-electron chi connectivity index (χ1n) is 7.15. The zero-order chi connectivity index (χ0) is 15.1. The van der Waals surface area contributed by atoms with Crippen molar-refractivity contribution >= 4 is 23.4 Å². The number of methoxy groups -OCH3 is 1. The van der Waals surface area contributed by atoms with Gasteiger partial charge in [0.15, 0.2) is 0 Å². The van der Waals surface area contributed by atoms with Crippen LogP contribution >= 0.6 is 11.9 Å². The number of ether oxygens (including phenoxy) is 1. The summed E-state index contributed by atoms with van der Waals surface area (Å²) in [6.45, 7) is 2.87. The van der Waals surface area contributed by atoms with E-state index in [4.69, 9.17) is 4.74 Å². The van der Waals surface area contributed by atoms with Gasteiger partial charge in [0.05, 0.1) is 0 Å². The highest BCUT2D eigenvalue weighted by atomic mass is 32.2. The Morgan fingerprint density at radius 2 is 2.10 bits per heavy atom. The molecule has 1 aliphatic heterocycles. The lowest BCUT2D eigenvalue weighted by Gasteiger charge is -2.28. The third kappa shape index (κ3) is 5.30. The van der Waals surface area contributed by atoms with E-state index in [0.29, 0.717) is 32.5 Å². The van der Waals surface area contributed by atoms with Crippen molar-refractivity contribution in [3.8, 4) is 0 Å². The summed E-state index contributed by atoms with van der Waals surface area (Å²) in [6, 6.07) is 5.02. The van der Waals surface area contributed by atoms with E-state index in [0.717, 1.165) is 23.5 Å². The molecule has 0 atom stereocenters.